The van der Waals surface area contributed by atoms with Gasteiger partial charge in [-0.25, -0.2) is 28.7 Å². The number of rotatable bonds is 7. The van der Waals surface area contributed by atoms with Crippen LogP contribution in [0.2, 0.25) is 0 Å². The van der Waals surface area contributed by atoms with Crippen molar-refractivity contribution in [3.8, 4) is 11.3 Å². The normalized spacial score (nSPS) is 29.9. The van der Waals surface area contributed by atoms with E-state index in [1.807, 2.05) is 6.92 Å². The fourth-order valence-corrected chi connectivity index (χ4v) is 10.6. The molecular formula is C28H35F3N4O5S. The monoisotopic (exact) mass is 596 g/mol. The van der Waals surface area contributed by atoms with Gasteiger partial charge in [0.2, 0.25) is 0 Å². The zero-order valence-corrected chi connectivity index (χ0v) is 23.5. The topological polar surface area (TPSA) is 138 Å². The second-order valence-corrected chi connectivity index (χ2v) is 14.3. The molecule has 2 aromatic heterocycles. The molecular weight excluding hydrogens is 561 g/mol. The molecule has 0 bridgehead atoms. The molecule has 3 heterocycles. The Labute approximate surface area is 237 Å². The first kappa shape index (κ1) is 28.7. The van der Waals surface area contributed by atoms with Crippen LogP contribution in [-0.2, 0) is 0 Å². The van der Waals surface area contributed by atoms with Crippen molar-refractivity contribution in [2.75, 3.05) is 12.4 Å². The van der Waals surface area contributed by atoms with Crippen LogP contribution in [0.15, 0.2) is 22.9 Å². The number of hydrogen-bond acceptors (Lipinski definition) is 8. The number of aliphatic hydroxyl groups is 4. The highest BCUT2D eigenvalue weighted by atomic mass is 32.2. The van der Waals surface area contributed by atoms with Crippen LogP contribution >= 0.6 is 10.9 Å². The van der Waals surface area contributed by atoms with E-state index in [1.54, 1.807) is 0 Å². The SMILES string of the molecule is Cc1noc(C2CC2)c1[C@H]([SH]1C[C@H](O)[C@H](n2cc(-c3cc(F)c(F)c(F)c3)nn2)[C@@H](O)[C@H]1CO)C1(O)CCCCC1. The Morgan fingerprint density at radius 1 is 1.12 bits per heavy atom. The first-order valence-corrected chi connectivity index (χ1v) is 15.8. The summed E-state index contributed by atoms with van der Waals surface area (Å²) in [5, 5.41) is 56.9. The summed E-state index contributed by atoms with van der Waals surface area (Å²) in [6.07, 6.45) is 4.71. The van der Waals surface area contributed by atoms with Gasteiger partial charge < -0.3 is 24.9 Å². The van der Waals surface area contributed by atoms with E-state index >= 15 is 0 Å². The zero-order chi connectivity index (χ0) is 29.1. The molecule has 4 N–H and O–H groups in total. The van der Waals surface area contributed by atoms with E-state index in [1.165, 1.54) is 10.9 Å². The number of thiol groups is 1. The van der Waals surface area contributed by atoms with Crippen molar-refractivity contribution < 1.29 is 38.1 Å². The minimum absolute atomic E-state index is 0.0270. The highest BCUT2D eigenvalue weighted by Gasteiger charge is 2.53. The summed E-state index contributed by atoms with van der Waals surface area (Å²) in [7, 11) is -1.40. The first-order chi connectivity index (χ1) is 19.6. The summed E-state index contributed by atoms with van der Waals surface area (Å²) in [4.78, 5) is 0. The number of benzene rings is 1. The zero-order valence-electron chi connectivity index (χ0n) is 22.6. The Kier molecular flexibility index (Phi) is 7.68. The van der Waals surface area contributed by atoms with Crippen LogP contribution in [0.3, 0.4) is 0 Å². The summed E-state index contributed by atoms with van der Waals surface area (Å²) < 4.78 is 48.1. The van der Waals surface area contributed by atoms with Crippen molar-refractivity contribution >= 4 is 10.9 Å². The van der Waals surface area contributed by atoms with Gasteiger partial charge >= 0.3 is 0 Å². The predicted octanol–water partition coefficient (Wildman–Crippen LogP) is 3.61. The molecule has 1 unspecified atom stereocenters. The third-order valence-electron chi connectivity index (χ3n) is 8.96. The molecule has 3 fully saturated rings. The Morgan fingerprint density at radius 3 is 2.44 bits per heavy atom. The molecule has 224 valence electrons. The molecule has 9 nitrogen and oxygen atoms in total. The van der Waals surface area contributed by atoms with Crippen molar-refractivity contribution in [3.05, 3.63) is 52.8 Å². The third-order valence-corrected chi connectivity index (χ3v) is 12.5. The van der Waals surface area contributed by atoms with Gasteiger partial charge in [0.15, 0.2) is 17.5 Å². The average Bonchev–Trinajstić information content (AvgIpc) is 3.55. The van der Waals surface area contributed by atoms with Gasteiger partial charge in [-0.15, -0.1) is 5.10 Å². The molecule has 0 amide bonds. The molecule has 13 heteroatoms. The van der Waals surface area contributed by atoms with Crippen molar-refractivity contribution in [1.29, 1.82) is 0 Å². The highest BCUT2D eigenvalue weighted by molar-refractivity contribution is 8.18. The van der Waals surface area contributed by atoms with Gasteiger partial charge in [0.1, 0.15) is 17.5 Å². The van der Waals surface area contributed by atoms with Gasteiger partial charge in [0.25, 0.3) is 0 Å². The van der Waals surface area contributed by atoms with Gasteiger partial charge in [-0.2, -0.15) is 0 Å². The molecule has 2 aliphatic carbocycles. The van der Waals surface area contributed by atoms with E-state index in [-0.39, 0.29) is 29.5 Å². The Hall–Kier alpha value is -2.45. The molecule has 1 aromatic carbocycles. The smallest absolute Gasteiger partial charge is 0.194 e. The fraction of sp³-hybridized carbons (Fsp3) is 0.607. The lowest BCUT2D eigenvalue weighted by molar-refractivity contribution is -0.00759. The van der Waals surface area contributed by atoms with Crippen molar-refractivity contribution in [2.45, 2.75) is 92.1 Å². The molecule has 2 saturated carbocycles. The van der Waals surface area contributed by atoms with Crippen LogP contribution in [0, 0.1) is 24.4 Å². The molecule has 0 spiro atoms. The van der Waals surface area contributed by atoms with E-state index in [0.29, 0.717) is 18.5 Å². The first-order valence-electron chi connectivity index (χ1n) is 14.1. The lowest BCUT2D eigenvalue weighted by atomic mass is 9.79. The molecule has 6 atom stereocenters. The van der Waals surface area contributed by atoms with Gasteiger partial charge in [0, 0.05) is 33.3 Å². The van der Waals surface area contributed by atoms with Crippen LogP contribution in [0.1, 0.15) is 79.2 Å². The molecule has 1 saturated heterocycles. The summed E-state index contributed by atoms with van der Waals surface area (Å²) in [6, 6.07) is 0.574. The van der Waals surface area contributed by atoms with Crippen LogP contribution in [0.5, 0.6) is 0 Å². The second-order valence-electron chi connectivity index (χ2n) is 11.7. The van der Waals surface area contributed by atoms with Crippen LogP contribution in [0.4, 0.5) is 13.2 Å². The maximum atomic E-state index is 13.8. The van der Waals surface area contributed by atoms with E-state index in [0.717, 1.165) is 55.6 Å². The second kappa shape index (κ2) is 11.0. The third kappa shape index (κ3) is 5.09. The molecule has 41 heavy (non-hydrogen) atoms. The summed E-state index contributed by atoms with van der Waals surface area (Å²) in [6.45, 7) is 1.46. The predicted molar refractivity (Wildman–Crippen MR) is 145 cm³/mol. The molecule has 3 aliphatic rings. The number of aliphatic hydroxyl groups excluding tert-OH is 3. The summed E-state index contributed by atoms with van der Waals surface area (Å²) >= 11 is 0. The van der Waals surface area contributed by atoms with Gasteiger partial charge in [-0.3, -0.25) is 0 Å². The fourth-order valence-electron chi connectivity index (χ4n) is 6.76. The molecule has 6 rings (SSSR count). The minimum atomic E-state index is -1.60. The summed E-state index contributed by atoms with van der Waals surface area (Å²) in [5.74, 6) is -3.17. The average molecular weight is 597 g/mol. The van der Waals surface area contributed by atoms with E-state index in [9.17, 15) is 33.6 Å². The largest absolute Gasteiger partial charge is 0.395 e. The van der Waals surface area contributed by atoms with Crippen molar-refractivity contribution in [2.24, 2.45) is 0 Å². The molecule has 3 aromatic rings. The Bertz CT molecular complexity index is 1390. The number of nitrogens with zero attached hydrogens (tertiary/aromatic N) is 4. The Morgan fingerprint density at radius 2 is 1.80 bits per heavy atom. The van der Waals surface area contributed by atoms with Crippen LogP contribution in [-0.4, -0.2) is 76.0 Å². The van der Waals surface area contributed by atoms with E-state index < -0.39 is 62.7 Å². The number of aryl methyl sites for hydroxylation is 1. The maximum Gasteiger partial charge on any atom is 0.194 e. The number of hydrogen-bond donors (Lipinski definition) is 5. The lowest BCUT2D eigenvalue weighted by Gasteiger charge is -2.52. The van der Waals surface area contributed by atoms with E-state index in [2.05, 4.69) is 15.5 Å². The number of halogens is 3. The molecule has 1 aliphatic heterocycles. The van der Waals surface area contributed by atoms with Gasteiger partial charge in [0.05, 0.1) is 36.3 Å². The Balaban J connectivity index is 1.35. The number of aromatic nitrogens is 4. The van der Waals surface area contributed by atoms with Crippen LogP contribution in [0.25, 0.3) is 11.3 Å². The quantitative estimate of drug-likeness (QED) is 0.206. The minimum Gasteiger partial charge on any atom is -0.395 e. The molecule has 0 radical (unpaired) electrons. The standard InChI is InChI=1S/C28H35F3N4O5S/c1-14-22(26(40-33-14)15-5-6-15)27(28(39)7-3-2-4-8-28)41-13-20(37)24(25(38)21(41)12-36)35-11-19(32-34-35)16-9-17(29)23(31)18(30)10-16/h9-11,15,20-21,24-25,27,36-39,41H,2-8,12-13H2,1H3/t20-,21+,24-,25-,27-/m0/s1. The maximum absolute atomic E-state index is 13.8. The van der Waals surface area contributed by atoms with E-state index in [4.69, 9.17) is 4.52 Å². The summed E-state index contributed by atoms with van der Waals surface area (Å²) in [5.41, 5.74) is 0.409. The van der Waals surface area contributed by atoms with Crippen molar-refractivity contribution in [1.82, 2.24) is 20.2 Å². The van der Waals surface area contributed by atoms with Gasteiger partial charge in [-0.05, 0) is 44.7 Å². The van der Waals surface area contributed by atoms with Gasteiger partial charge in [-0.1, -0.05) is 29.6 Å². The lowest BCUT2D eigenvalue weighted by Crippen LogP contribution is -2.53. The van der Waals surface area contributed by atoms with Crippen molar-refractivity contribution in [3.63, 3.8) is 0 Å². The van der Waals surface area contributed by atoms with Crippen LogP contribution < -0.4 is 0 Å². The highest BCUT2D eigenvalue weighted by Crippen LogP contribution is 2.62.